The molecule has 0 aliphatic rings. The maximum Gasteiger partial charge on any atom is 0.407 e. The highest BCUT2D eigenvalue weighted by Crippen LogP contribution is 2.29. The summed E-state index contributed by atoms with van der Waals surface area (Å²) in [5, 5.41) is 17.3. The quantitative estimate of drug-likeness (QED) is 0.189. The molecule has 5 aromatic rings. The minimum atomic E-state index is -0.938. The van der Waals surface area contributed by atoms with Crippen LogP contribution in [0.4, 0.5) is 10.5 Å². The number of esters is 1. The van der Waals surface area contributed by atoms with Crippen molar-refractivity contribution in [2.75, 3.05) is 12.4 Å². The molecule has 1 unspecified atom stereocenters. The van der Waals surface area contributed by atoms with E-state index in [-0.39, 0.29) is 5.56 Å². The largest absolute Gasteiger partial charge is 0.465 e. The fourth-order valence-electron chi connectivity index (χ4n) is 4.80. The number of fused-ring (bicyclic) bond motifs is 2. The lowest BCUT2D eigenvalue weighted by molar-refractivity contribution is 0.0501. The number of methoxy groups -OCH3 is 1. The van der Waals surface area contributed by atoms with Gasteiger partial charge in [-0.1, -0.05) is 30.3 Å². The zero-order chi connectivity index (χ0) is 29.9. The standard InChI is InChI=1S/C32H31N5O5/c1-32(2,3)42-31(39)37-26(15-21-17-34-24-8-6-5-7-22(21)24)28(16-33)36-25-11-9-19(13-23(25)30(38)40-4)20-10-12-29-27(14-20)35-18-41-29/h5-14,17-18,26,28,34,36H,15H2,1-4H3,(H,37,39)/t26-,28?/m0/s1. The number of nitrogens with zero attached hydrogens (tertiary/aromatic N) is 2. The van der Waals surface area contributed by atoms with Crippen LogP contribution >= 0.6 is 0 Å². The van der Waals surface area contributed by atoms with E-state index in [9.17, 15) is 14.9 Å². The van der Waals surface area contributed by atoms with Crippen molar-refractivity contribution in [3.63, 3.8) is 0 Å². The number of H-pyrrole nitrogens is 1. The van der Waals surface area contributed by atoms with Crippen molar-refractivity contribution in [1.82, 2.24) is 15.3 Å². The SMILES string of the molecule is COC(=O)c1cc(-c2ccc3ocnc3c2)ccc1NC(C#N)[C@H](Cc1c[nH]c2ccccc12)NC(=O)OC(C)(C)C. The van der Waals surface area contributed by atoms with Crippen LogP contribution in [-0.2, 0) is 15.9 Å². The summed E-state index contributed by atoms with van der Waals surface area (Å²) in [6, 6.07) is 19.2. The number of para-hydroxylation sites is 1. The molecule has 3 aromatic carbocycles. The second kappa shape index (κ2) is 11.7. The maximum absolute atomic E-state index is 12.9. The molecule has 2 atom stereocenters. The van der Waals surface area contributed by atoms with Gasteiger partial charge in [-0.2, -0.15) is 5.26 Å². The number of rotatable bonds is 8. The number of hydrogen-bond donors (Lipinski definition) is 3. The number of carbonyl (C=O) groups is 2. The number of benzene rings is 3. The number of nitrogens with one attached hydrogen (secondary N) is 3. The molecule has 0 saturated carbocycles. The van der Waals surface area contributed by atoms with Gasteiger partial charge in [0.1, 0.15) is 17.2 Å². The van der Waals surface area contributed by atoms with Crippen molar-refractivity contribution < 1.29 is 23.5 Å². The lowest BCUT2D eigenvalue weighted by atomic mass is 9.97. The number of amides is 1. The van der Waals surface area contributed by atoms with E-state index >= 15 is 0 Å². The molecule has 0 aliphatic carbocycles. The summed E-state index contributed by atoms with van der Waals surface area (Å²) in [6.45, 7) is 5.31. The zero-order valence-corrected chi connectivity index (χ0v) is 23.7. The first-order valence-corrected chi connectivity index (χ1v) is 13.4. The van der Waals surface area contributed by atoms with Crippen molar-refractivity contribution in [2.45, 2.75) is 44.9 Å². The van der Waals surface area contributed by atoms with Gasteiger partial charge in [-0.25, -0.2) is 14.6 Å². The Kier molecular flexibility index (Phi) is 7.84. The Morgan fingerprint density at radius 1 is 1.10 bits per heavy atom. The number of alkyl carbamates (subject to hydrolysis) is 1. The number of anilines is 1. The molecule has 0 saturated heterocycles. The fourth-order valence-corrected chi connectivity index (χ4v) is 4.80. The molecule has 10 nitrogen and oxygen atoms in total. The third-order valence-electron chi connectivity index (χ3n) is 6.76. The van der Waals surface area contributed by atoms with E-state index in [4.69, 9.17) is 13.9 Å². The molecule has 1 amide bonds. The summed E-state index contributed by atoms with van der Waals surface area (Å²) in [4.78, 5) is 33.2. The molecule has 0 fully saturated rings. The van der Waals surface area contributed by atoms with Gasteiger partial charge in [0.15, 0.2) is 12.0 Å². The maximum atomic E-state index is 12.9. The minimum Gasteiger partial charge on any atom is -0.465 e. The Morgan fingerprint density at radius 2 is 1.86 bits per heavy atom. The van der Waals surface area contributed by atoms with Crippen LogP contribution in [0, 0.1) is 11.3 Å². The summed E-state index contributed by atoms with van der Waals surface area (Å²) in [6.07, 6.45) is 2.91. The first-order valence-electron chi connectivity index (χ1n) is 13.4. The van der Waals surface area contributed by atoms with E-state index < -0.39 is 29.7 Å². The Hall–Kier alpha value is -5.30. The van der Waals surface area contributed by atoms with Crippen molar-refractivity contribution in [3.05, 3.63) is 84.4 Å². The average molecular weight is 566 g/mol. The molecule has 3 N–H and O–H groups in total. The number of hydrogen-bond acceptors (Lipinski definition) is 8. The minimum absolute atomic E-state index is 0.235. The van der Waals surface area contributed by atoms with Crippen LogP contribution in [0.1, 0.15) is 36.7 Å². The van der Waals surface area contributed by atoms with Crippen LogP contribution in [0.2, 0.25) is 0 Å². The third kappa shape index (κ3) is 6.20. The molecular weight excluding hydrogens is 534 g/mol. The highest BCUT2D eigenvalue weighted by Gasteiger charge is 2.28. The number of carbonyl (C=O) groups excluding carboxylic acids is 2. The molecule has 214 valence electrons. The third-order valence-corrected chi connectivity index (χ3v) is 6.76. The smallest absolute Gasteiger partial charge is 0.407 e. The summed E-state index contributed by atoms with van der Waals surface area (Å²) in [5.74, 6) is -0.577. The lowest BCUT2D eigenvalue weighted by Crippen LogP contribution is -2.49. The van der Waals surface area contributed by atoms with Gasteiger partial charge in [0, 0.05) is 22.8 Å². The molecule has 2 heterocycles. The van der Waals surface area contributed by atoms with Gasteiger partial charge in [0.05, 0.1) is 24.8 Å². The zero-order valence-electron chi connectivity index (χ0n) is 23.7. The molecule has 0 aliphatic heterocycles. The van der Waals surface area contributed by atoms with Crippen molar-refractivity contribution in [2.24, 2.45) is 0 Å². The second-order valence-corrected chi connectivity index (χ2v) is 10.9. The van der Waals surface area contributed by atoms with Crippen molar-refractivity contribution >= 4 is 39.8 Å². The summed E-state index contributed by atoms with van der Waals surface area (Å²) >= 11 is 0. The number of ether oxygens (including phenoxy) is 2. The molecule has 2 aromatic heterocycles. The predicted octanol–water partition coefficient (Wildman–Crippen LogP) is 6.20. The van der Waals surface area contributed by atoms with E-state index in [0.717, 1.165) is 27.6 Å². The van der Waals surface area contributed by atoms with Crippen molar-refractivity contribution in [3.8, 4) is 17.2 Å². The van der Waals surface area contributed by atoms with Gasteiger partial charge < -0.3 is 29.5 Å². The molecule has 0 radical (unpaired) electrons. The van der Waals surface area contributed by atoms with Gasteiger partial charge in [-0.3, -0.25) is 0 Å². The lowest BCUT2D eigenvalue weighted by Gasteiger charge is -2.27. The Morgan fingerprint density at radius 3 is 2.62 bits per heavy atom. The molecule has 0 spiro atoms. The molecular formula is C32H31N5O5. The molecule has 42 heavy (non-hydrogen) atoms. The average Bonchev–Trinajstić information content (AvgIpc) is 3.61. The first kappa shape index (κ1) is 28.2. The van der Waals surface area contributed by atoms with E-state index in [0.29, 0.717) is 23.2 Å². The Bertz CT molecular complexity index is 1790. The summed E-state index contributed by atoms with van der Waals surface area (Å²) < 4.78 is 15.9. The van der Waals surface area contributed by atoms with Crippen LogP contribution in [0.15, 0.2) is 77.7 Å². The van der Waals surface area contributed by atoms with E-state index in [1.54, 1.807) is 32.9 Å². The van der Waals surface area contributed by atoms with Crippen LogP contribution in [0.5, 0.6) is 0 Å². The highest BCUT2D eigenvalue weighted by molar-refractivity contribution is 5.97. The topological polar surface area (TPSA) is 142 Å². The molecule has 5 rings (SSSR count). The number of aromatic amines is 1. The number of nitriles is 1. The van der Waals surface area contributed by atoms with Gasteiger partial charge in [-0.05, 0) is 74.2 Å². The number of oxazole rings is 1. The van der Waals surface area contributed by atoms with Crippen LogP contribution < -0.4 is 10.6 Å². The monoisotopic (exact) mass is 565 g/mol. The first-order chi connectivity index (χ1) is 20.1. The van der Waals surface area contributed by atoms with Crippen LogP contribution in [-0.4, -0.2) is 46.8 Å². The van der Waals surface area contributed by atoms with Gasteiger partial charge in [0.2, 0.25) is 0 Å². The van der Waals surface area contributed by atoms with E-state index in [1.807, 2.05) is 54.7 Å². The van der Waals surface area contributed by atoms with Gasteiger partial charge >= 0.3 is 12.1 Å². The van der Waals surface area contributed by atoms with Crippen LogP contribution in [0.25, 0.3) is 33.1 Å². The van der Waals surface area contributed by atoms with E-state index in [1.165, 1.54) is 13.5 Å². The van der Waals surface area contributed by atoms with E-state index in [2.05, 4.69) is 26.7 Å². The highest BCUT2D eigenvalue weighted by atomic mass is 16.6. The van der Waals surface area contributed by atoms with Crippen LogP contribution in [0.3, 0.4) is 0 Å². The summed E-state index contributed by atoms with van der Waals surface area (Å²) in [7, 11) is 1.30. The van der Waals surface area contributed by atoms with Gasteiger partial charge in [-0.15, -0.1) is 0 Å². The molecule has 10 heteroatoms. The fraction of sp³-hybridized carbons (Fsp3) is 0.250. The van der Waals surface area contributed by atoms with Gasteiger partial charge in [0.25, 0.3) is 0 Å². The number of aromatic nitrogens is 2. The summed E-state index contributed by atoms with van der Waals surface area (Å²) in [5.41, 5.74) is 4.67. The van der Waals surface area contributed by atoms with Crippen molar-refractivity contribution in [1.29, 1.82) is 5.26 Å². The predicted molar refractivity (Wildman–Crippen MR) is 159 cm³/mol. The Labute approximate surface area is 242 Å². The molecule has 0 bridgehead atoms. The normalized spacial score (nSPS) is 12.8. The second-order valence-electron chi connectivity index (χ2n) is 10.9. The Balaban J connectivity index is 1.48.